The van der Waals surface area contributed by atoms with E-state index in [1.165, 1.54) is 7.05 Å². The minimum atomic E-state index is 0.0833. The summed E-state index contributed by atoms with van der Waals surface area (Å²) in [6.45, 7) is 0. The molecule has 6 heavy (non-hydrogen) atoms. The van der Waals surface area contributed by atoms with Crippen LogP contribution in [-0.4, -0.2) is 18.3 Å². The van der Waals surface area contributed by atoms with E-state index in [9.17, 15) is 0 Å². The average molecular weight is 89.1 g/mol. The van der Waals surface area contributed by atoms with Crippen LogP contribution in [0.15, 0.2) is 0 Å². The molecule has 0 atom stereocenters. The summed E-state index contributed by atoms with van der Waals surface area (Å²) in [4.78, 5) is 0. The summed E-state index contributed by atoms with van der Waals surface area (Å²) in [7, 11) is 1.50. The largest absolute Gasteiger partial charge is 0.393 e. The molecule has 0 unspecified atom stereocenters. The molecular formula is C4H11NO. The Morgan fingerprint density at radius 2 is 1.67 bits per heavy atom. The molecule has 1 saturated carbocycles. The Morgan fingerprint density at radius 3 is 1.67 bits per heavy atom. The van der Waals surface area contributed by atoms with E-state index in [1.54, 1.807) is 0 Å². The number of hydrogen-bond donors (Lipinski definition) is 2. The monoisotopic (exact) mass is 89.1 g/mol. The fraction of sp³-hybridized carbons (Fsp3) is 1.00. The van der Waals surface area contributed by atoms with Gasteiger partial charge in [0.1, 0.15) is 0 Å². The van der Waals surface area contributed by atoms with Crippen molar-refractivity contribution in [2.24, 2.45) is 5.73 Å². The third kappa shape index (κ3) is 3.92. The molecule has 2 heteroatoms. The van der Waals surface area contributed by atoms with Gasteiger partial charge in [-0.15, -0.1) is 0 Å². The van der Waals surface area contributed by atoms with E-state index < -0.39 is 0 Å². The molecule has 0 aromatic heterocycles. The van der Waals surface area contributed by atoms with Crippen LogP contribution in [0.3, 0.4) is 0 Å². The van der Waals surface area contributed by atoms with Crippen molar-refractivity contribution >= 4 is 0 Å². The lowest BCUT2D eigenvalue weighted by Gasteiger charge is -1.57. The van der Waals surface area contributed by atoms with E-state index in [-0.39, 0.29) is 6.10 Å². The van der Waals surface area contributed by atoms with E-state index >= 15 is 0 Å². The van der Waals surface area contributed by atoms with Crippen LogP contribution in [0.2, 0.25) is 0 Å². The van der Waals surface area contributed by atoms with Gasteiger partial charge < -0.3 is 10.8 Å². The minimum Gasteiger partial charge on any atom is -0.393 e. The summed E-state index contributed by atoms with van der Waals surface area (Å²) >= 11 is 0. The summed E-state index contributed by atoms with van der Waals surface area (Å²) < 4.78 is 0. The summed E-state index contributed by atoms with van der Waals surface area (Å²) in [5, 5.41) is 8.17. The van der Waals surface area contributed by atoms with Crippen molar-refractivity contribution < 1.29 is 5.11 Å². The highest BCUT2D eigenvalue weighted by molar-refractivity contribution is 4.68. The summed E-state index contributed by atoms with van der Waals surface area (Å²) in [6.07, 6.45) is 2.17. The third-order valence-corrected chi connectivity index (χ3v) is 0.547. The van der Waals surface area contributed by atoms with Gasteiger partial charge in [-0.3, -0.25) is 0 Å². The molecule has 0 amide bonds. The van der Waals surface area contributed by atoms with Crippen molar-refractivity contribution in [3.8, 4) is 0 Å². The molecule has 0 bridgehead atoms. The molecule has 0 saturated heterocycles. The molecule has 0 aromatic rings. The van der Waals surface area contributed by atoms with Crippen molar-refractivity contribution in [3.05, 3.63) is 0 Å². The van der Waals surface area contributed by atoms with Crippen LogP contribution in [0, 0.1) is 0 Å². The Balaban J connectivity index is 0.000000112. The summed E-state index contributed by atoms with van der Waals surface area (Å²) in [5.41, 5.74) is 4.50. The maximum absolute atomic E-state index is 8.17. The second kappa shape index (κ2) is 3.12. The highest BCUT2D eigenvalue weighted by Gasteiger charge is 2.15. The van der Waals surface area contributed by atoms with Gasteiger partial charge in [0.15, 0.2) is 0 Å². The predicted molar refractivity (Wildman–Crippen MR) is 25.4 cm³/mol. The van der Waals surface area contributed by atoms with Crippen LogP contribution in [0.4, 0.5) is 0 Å². The molecule has 0 heterocycles. The molecule has 0 aliphatic heterocycles. The van der Waals surface area contributed by atoms with Crippen LogP contribution in [0.5, 0.6) is 0 Å². The van der Waals surface area contributed by atoms with Gasteiger partial charge in [0.05, 0.1) is 6.10 Å². The second-order valence-corrected chi connectivity index (χ2v) is 1.23. The molecule has 0 aromatic carbocycles. The second-order valence-electron chi connectivity index (χ2n) is 1.23. The first-order valence-electron chi connectivity index (χ1n) is 2.15. The average Bonchev–Trinajstić information content (AvgIpc) is 2.30. The fourth-order valence-corrected chi connectivity index (χ4v) is 0.0745. The predicted octanol–water partition coefficient (Wildman–Crippen LogP) is -0.284. The van der Waals surface area contributed by atoms with Crippen LogP contribution in [-0.2, 0) is 0 Å². The molecule has 1 aliphatic rings. The Bertz CT molecular complexity index is 26.7. The molecule has 0 spiro atoms. The first kappa shape index (κ1) is 5.92. The van der Waals surface area contributed by atoms with E-state index in [4.69, 9.17) is 5.11 Å². The standard InChI is InChI=1S/C3H6O.CH5N/c4-3-1-2-3;1-2/h3-4H,1-2H2;2H2,1H3. The lowest BCUT2D eigenvalue weighted by molar-refractivity contribution is 0.279. The number of rotatable bonds is 0. The SMILES string of the molecule is CN.OC1CC1. The smallest absolute Gasteiger partial charge is 0.0542 e. The Labute approximate surface area is 38.0 Å². The van der Waals surface area contributed by atoms with Gasteiger partial charge >= 0.3 is 0 Å². The molecule has 1 fully saturated rings. The van der Waals surface area contributed by atoms with Crippen molar-refractivity contribution in [1.29, 1.82) is 0 Å². The lowest BCUT2D eigenvalue weighted by atomic mass is 10.9. The van der Waals surface area contributed by atoms with E-state index in [0.717, 1.165) is 12.8 Å². The molecule has 1 rings (SSSR count). The van der Waals surface area contributed by atoms with Gasteiger partial charge in [-0.05, 0) is 19.9 Å². The van der Waals surface area contributed by atoms with E-state index in [1.807, 2.05) is 0 Å². The number of aliphatic hydroxyl groups excluding tert-OH is 1. The van der Waals surface area contributed by atoms with Crippen molar-refractivity contribution in [2.75, 3.05) is 7.05 Å². The van der Waals surface area contributed by atoms with Gasteiger partial charge in [-0.2, -0.15) is 0 Å². The zero-order valence-electron chi connectivity index (χ0n) is 4.02. The maximum Gasteiger partial charge on any atom is 0.0542 e. The maximum atomic E-state index is 8.17. The van der Waals surface area contributed by atoms with E-state index in [0.29, 0.717) is 0 Å². The van der Waals surface area contributed by atoms with Gasteiger partial charge in [0, 0.05) is 0 Å². The molecular weight excluding hydrogens is 78.0 g/mol. The highest BCUT2D eigenvalue weighted by atomic mass is 16.3. The van der Waals surface area contributed by atoms with Gasteiger partial charge in [0.25, 0.3) is 0 Å². The molecule has 3 N–H and O–H groups in total. The molecule has 38 valence electrons. The normalized spacial score (nSPS) is 18.5. The lowest BCUT2D eigenvalue weighted by Crippen LogP contribution is -1.69. The van der Waals surface area contributed by atoms with Crippen molar-refractivity contribution in [2.45, 2.75) is 18.9 Å². The van der Waals surface area contributed by atoms with Crippen LogP contribution in [0.1, 0.15) is 12.8 Å². The molecule has 1 aliphatic carbocycles. The number of hydrogen-bond acceptors (Lipinski definition) is 2. The zero-order valence-corrected chi connectivity index (χ0v) is 4.02. The third-order valence-electron chi connectivity index (χ3n) is 0.547. The molecule has 0 radical (unpaired) electrons. The number of aliphatic hydroxyl groups is 1. The van der Waals surface area contributed by atoms with Gasteiger partial charge in [-0.1, -0.05) is 0 Å². The summed E-state index contributed by atoms with van der Waals surface area (Å²) in [5.74, 6) is 0. The summed E-state index contributed by atoms with van der Waals surface area (Å²) in [6, 6.07) is 0. The van der Waals surface area contributed by atoms with E-state index in [2.05, 4.69) is 5.73 Å². The Morgan fingerprint density at radius 1 is 1.50 bits per heavy atom. The van der Waals surface area contributed by atoms with Crippen LogP contribution in [0.25, 0.3) is 0 Å². The Kier molecular flexibility index (Phi) is 3.08. The Hall–Kier alpha value is -0.0800. The highest BCUT2D eigenvalue weighted by Crippen LogP contribution is 2.16. The quantitative estimate of drug-likeness (QED) is 0.428. The first-order chi connectivity index (χ1) is 2.89. The minimum absolute atomic E-state index is 0.0833. The van der Waals surface area contributed by atoms with Gasteiger partial charge in [-0.25, -0.2) is 0 Å². The topological polar surface area (TPSA) is 46.2 Å². The zero-order chi connectivity index (χ0) is 4.99. The molecule has 2 nitrogen and oxygen atoms in total. The van der Waals surface area contributed by atoms with Gasteiger partial charge in [0.2, 0.25) is 0 Å². The first-order valence-corrected chi connectivity index (χ1v) is 2.15. The van der Waals surface area contributed by atoms with Crippen molar-refractivity contribution in [3.63, 3.8) is 0 Å². The van der Waals surface area contributed by atoms with Crippen LogP contribution < -0.4 is 5.73 Å². The van der Waals surface area contributed by atoms with Crippen molar-refractivity contribution in [1.82, 2.24) is 0 Å². The fourth-order valence-electron chi connectivity index (χ4n) is 0.0745. The number of nitrogens with two attached hydrogens (primary N) is 1. The van der Waals surface area contributed by atoms with Crippen LogP contribution >= 0.6 is 0 Å².